The van der Waals surface area contributed by atoms with Gasteiger partial charge in [-0.1, -0.05) is 18.2 Å². The Kier molecular flexibility index (Phi) is 6.61. The van der Waals surface area contributed by atoms with Crippen LogP contribution in [0.15, 0.2) is 66.7 Å². The minimum atomic E-state index is -3.09. The zero-order valence-electron chi connectivity index (χ0n) is 16.1. The summed E-state index contributed by atoms with van der Waals surface area (Å²) in [6.45, 7) is -3.09. The number of benzene rings is 3. The minimum absolute atomic E-state index is 0.0433. The maximum atomic E-state index is 12.9. The molecular formula is C21H16F2N2O6. The fourth-order valence-electron chi connectivity index (χ4n) is 2.65. The molecule has 0 heterocycles. The number of ether oxygens (including phenoxy) is 3. The van der Waals surface area contributed by atoms with Gasteiger partial charge in [0, 0.05) is 23.9 Å². The number of nitrogens with one attached hydrogen (secondary N) is 1. The van der Waals surface area contributed by atoms with Gasteiger partial charge in [-0.3, -0.25) is 14.9 Å². The third-order valence-electron chi connectivity index (χ3n) is 4.03. The molecule has 31 heavy (non-hydrogen) atoms. The van der Waals surface area contributed by atoms with Crippen LogP contribution >= 0.6 is 0 Å². The van der Waals surface area contributed by atoms with E-state index in [1.807, 2.05) is 0 Å². The first-order valence-electron chi connectivity index (χ1n) is 8.83. The number of carbonyl (C=O) groups is 1. The first kappa shape index (κ1) is 21.5. The van der Waals surface area contributed by atoms with Crippen molar-refractivity contribution in [2.24, 2.45) is 0 Å². The lowest BCUT2D eigenvalue weighted by atomic mass is 10.1. The van der Waals surface area contributed by atoms with E-state index in [2.05, 4.69) is 10.1 Å². The highest BCUT2D eigenvalue weighted by atomic mass is 19.3. The van der Waals surface area contributed by atoms with E-state index in [1.54, 1.807) is 30.3 Å². The van der Waals surface area contributed by atoms with Crippen LogP contribution in [0.1, 0.15) is 10.4 Å². The Labute approximate surface area is 175 Å². The van der Waals surface area contributed by atoms with Crippen molar-refractivity contribution >= 4 is 17.3 Å². The summed E-state index contributed by atoms with van der Waals surface area (Å²) < 4.78 is 40.3. The average molecular weight is 430 g/mol. The summed E-state index contributed by atoms with van der Waals surface area (Å²) in [5.41, 5.74) is -0.328. The maximum Gasteiger partial charge on any atom is 0.387 e. The van der Waals surface area contributed by atoms with Gasteiger partial charge >= 0.3 is 6.61 Å². The Hall–Kier alpha value is -4.21. The fraction of sp³-hybridized carbons (Fsp3) is 0.0952. The highest BCUT2D eigenvalue weighted by Gasteiger charge is 2.20. The van der Waals surface area contributed by atoms with Crippen LogP contribution in [0.3, 0.4) is 0 Å². The molecule has 0 fully saturated rings. The normalized spacial score (nSPS) is 10.5. The molecule has 0 aliphatic carbocycles. The first-order chi connectivity index (χ1) is 14.9. The molecule has 8 nitrogen and oxygen atoms in total. The molecule has 0 aliphatic rings. The van der Waals surface area contributed by atoms with E-state index in [4.69, 9.17) is 9.47 Å². The Morgan fingerprint density at radius 3 is 2.35 bits per heavy atom. The molecule has 1 N–H and O–H groups in total. The van der Waals surface area contributed by atoms with E-state index >= 15 is 0 Å². The number of hydrogen-bond acceptors (Lipinski definition) is 6. The van der Waals surface area contributed by atoms with Crippen LogP contribution in [-0.2, 0) is 0 Å². The lowest BCUT2D eigenvalue weighted by Crippen LogP contribution is -2.14. The second-order valence-corrected chi connectivity index (χ2v) is 6.05. The number of nitrogens with zero attached hydrogens (tertiary/aromatic N) is 1. The highest BCUT2D eigenvalue weighted by molar-refractivity contribution is 6.06. The molecule has 3 aromatic rings. The molecule has 0 aliphatic heterocycles. The molecule has 3 aromatic carbocycles. The number of anilines is 1. The van der Waals surface area contributed by atoms with Gasteiger partial charge in [-0.05, 0) is 30.3 Å². The Morgan fingerprint density at radius 1 is 1.00 bits per heavy atom. The van der Waals surface area contributed by atoms with Gasteiger partial charge in [0.2, 0.25) is 0 Å². The number of amides is 1. The predicted molar refractivity (Wildman–Crippen MR) is 107 cm³/mol. The van der Waals surface area contributed by atoms with Crippen molar-refractivity contribution in [3.63, 3.8) is 0 Å². The maximum absolute atomic E-state index is 12.9. The van der Waals surface area contributed by atoms with Crippen molar-refractivity contribution in [2.75, 3.05) is 12.4 Å². The zero-order chi connectivity index (χ0) is 22.4. The van der Waals surface area contributed by atoms with Crippen molar-refractivity contribution in [3.05, 3.63) is 82.4 Å². The number of carbonyl (C=O) groups excluding carboxylic acids is 1. The lowest BCUT2D eigenvalue weighted by Gasteiger charge is -2.14. The minimum Gasteiger partial charge on any atom is -0.493 e. The Balaban J connectivity index is 1.92. The number of rotatable bonds is 8. The third kappa shape index (κ3) is 5.44. The third-order valence-corrected chi connectivity index (χ3v) is 4.03. The second kappa shape index (κ2) is 9.53. The smallest absolute Gasteiger partial charge is 0.387 e. The number of para-hydroxylation sites is 1. The predicted octanol–water partition coefficient (Wildman–Crippen LogP) is 5.25. The number of halogens is 2. The van der Waals surface area contributed by atoms with Gasteiger partial charge in [-0.2, -0.15) is 8.78 Å². The molecular weight excluding hydrogens is 414 g/mol. The van der Waals surface area contributed by atoms with E-state index in [1.165, 1.54) is 31.4 Å². The topological polar surface area (TPSA) is 99.9 Å². The molecule has 1 amide bonds. The molecule has 0 atom stereocenters. The van der Waals surface area contributed by atoms with Gasteiger partial charge in [0.05, 0.1) is 17.6 Å². The van der Waals surface area contributed by atoms with Crippen LogP contribution in [0.5, 0.6) is 23.0 Å². The quantitative estimate of drug-likeness (QED) is 0.387. The van der Waals surface area contributed by atoms with Crippen LogP contribution < -0.4 is 19.5 Å². The van der Waals surface area contributed by atoms with E-state index in [0.717, 1.165) is 12.1 Å². The largest absolute Gasteiger partial charge is 0.493 e. The van der Waals surface area contributed by atoms with Gasteiger partial charge < -0.3 is 19.5 Å². The number of nitro benzene ring substituents is 1. The molecule has 0 spiro atoms. The van der Waals surface area contributed by atoms with Crippen LogP contribution in [0.4, 0.5) is 20.2 Å². The summed E-state index contributed by atoms with van der Waals surface area (Å²) in [6.07, 6.45) is 0. The highest BCUT2D eigenvalue weighted by Crippen LogP contribution is 2.33. The molecule has 0 saturated heterocycles. The monoisotopic (exact) mass is 430 g/mol. The van der Waals surface area contributed by atoms with Crippen LogP contribution in [0.2, 0.25) is 0 Å². The number of alkyl halides is 2. The van der Waals surface area contributed by atoms with E-state index in [9.17, 15) is 23.7 Å². The summed E-state index contributed by atoms with van der Waals surface area (Å²) in [5, 5.41) is 13.6. The summed E-state index contributed by atoms with van der Waals surface area (Å²) in [7, 11) is 1.28. The molecule has 0 radical (unpaired) electrons. The van der Waals surface area contributed by atoms with Crippen molar-refractivity contribution in [3.8, 4) is 23.0 Å². The van der Waals surface area contributed by atoms with Gasteiger partial charge in [0.1, 0.15) is 11.5 Å². The van der Waals surface area contributed by atoms with Crippen molar-refractivity contribution in [1.29, 1.82) is 0 Å². The number of methoxy groups -OCH3 is 1. The summed E-state index contributed by atoms with van der Waals surface area (Å²) >= 11 is 0. The van der Waals surface area contributed by atoms with E-state index in [-0.39, 0.29) is 34.2 Å². The molecule has 3 rings (SSSR count). The number of nitro groups is 1. The van der Waals surface area contributed by atoms with Crippen molar-refractivity contribution in [1.82, 2.24) is 0 Å². The number of hydrogen-bond donors (Lipinski definition) is 1. The summed E-state index contributed by atoms with van der Waals surface area (Å²) in [4.78, 5) is 23.4. The molecule has 0 bridgehead atoms. The fourth-order valence-corrected chi connectivity index (χ4v) is 2.65. The van der Waals surface area contributed by atoms with Gasteiger partial charge in [-0.15, -0.1) is 0 Å². The van der Waals surface area contributed by atoms with Crippen LogP contribution in [0.25, 0.3) is 0 Å². The molecule has 10 heteroatoms. The standard InChI is InChI=1S/C21H16F2N2O6/c1-29-18-9-7-13(11-19(18)31-21(22)23)24-20(26)16-12-14(25(27)28)8-10-17(16)30-15-5-3-2-4-6-15/h2-12,21H,1H3,(H,24,26). The lowest BCUT2D eigenvalue weighted by molar-refractivity contribution is -0.384. The van der Waals surface area contributed by atoms with Crippen LogP contribution in [-0.4, -0.2) is 24.6 Å². The Bertz CT molecular complexity index is 1090. The molecule has 160 valence electrons. The second-order valence-electron chi connectivity index (χ2n) is 6.05. The van der Waals surface area contributed by atoms with E-state index in [0.29, 0.717) is 5.75 Å². The first-order valence-corrected chi connectivity index (χ1v) is 8.83. The number of non-ortho nitro benzene ring substituents is 1. The molecule has 0 aromatic heterocycles. The molecule has 0 saturated carbocycles. The van der Waals surface area contributed by atoms with Crippen LogP contribution in [0, 0.1) is 10.1 Å². The van der Waals surface area contributed by atoms with E-state index < -0.39 is 17.4 Å². The molecule has 0 unspecified atom stereocenters. The Morgan fingerprint density at radius 2 is 1.71 bits per heavy atom. The van der Waals surface area contributed by atoms with Gasteiger partial charge in [0.25, 0.3) is 11.6 Å². The van der Waals surface area contributed by atoms with Crippen molar-refractivity contribution < 1.29 is 32.7 Å². The van der Waals surface area contributed by atoms with Crippen molar-refractivity contribution in [2.45, 2.75) is 6.61 Å². The SMILES string of the molecule is COc1ccc(NC(=O)c2cc([N+](=O)[O-])ccc2Oc2ccccc2)cc1OC(F)F. The zero-order valence-corrected chi connectivity index (χ0v) is 16.1. The summed E-state index contributed by atoms with van der Waals surface area (Å²) in [6, 6.07) is 16.0. The van der Waals surface area contributed by atoms with Gasteiger partial charge in [0.15, 0.2) is 11.5 Å². The summed E-state index contributed by atoms with van der Waals surface area (Å²) in [5.74, 6) is -0.492. The average Bonchev–Trinajstić information content (AvgIpc) is 2.74. The van der Waals surface area contributed by atoms with Gasteiger partial charge in [-0.25, -0.2) is 0 Å².